The zero-order chi connectivity index (χ0) is 26.2. The summed E-state index contributed by atoms with van der Waals surface area (Å²) in [7, 11) is 4.67. The maximum absolute atomic E-state index is 12.0. The van der Waals surface area contributed by atoms with Crippen LogP contribution in [0.3, 0.4) is 0 Å². The van der Waals surface area contributed by atoms with Crippen molar-refractivity contribution in [2.45, 2.75) is 31.5 Å². The zero-order valence-corrected chi connectivity index (χ0v) is 21.1. The van der Waals surface area contributed by atoms with Crippen LogP contribution >= 0.6 is 0 Å². The van der Waals surface area contributed by atoms with Crippen molar-refractivity contribution < 1.29 is 42.7 Å². The van der Waals surface area contributed by atoms with Crippen LogP contribution in [0.5, 0.6) is 34.5 Å². The number of carbonyl (C=O) groups is 1. The predicted molar refractivity (Wildman–Crippen MR) is 134 cm³/mol. The van der Waals surface area contributed by atoms with Gasteiger partial charge in [-0.1, -0.05) is 36.4 Å². The Balaban J connectivity index is 1.67. The molecule has 1 saturated heterocycles. The minimum atomic E-state index is -1.08. The molecule has 1 heterocycles. The van der Waals surface area contributed by atoms with E-state index < -0.39 is 30.6 Å². The first-order valence-corrected chi connectivity index (χ1v) is 11.7. The molecule has 0 spiro atoms. The van der Waals surface area contributed by atoms with Crippen molar-refractivity contribution in [3.05, 3.63) is 72.8 Å². The average molecular weight is 511 g/mol. The van der Waals surface area contributed by atoms with Gasteiger partial charge in [-0.05, 0) is 36.4 Å². The van der Waals surface area contributed by atoms with E-state index in [9.17, 15) is 4.79 Å². The SMILES string of the molecule is COc1ccccc1OCC1OC(OC(C)=O)C(Oc2ccccc2OC)C1Oc1ccccc1OC. The van der Waals surface area contributed by atoms with Crippen LogP contribution in [0.4, 0.5) is 0 Å². The summed E-state index contributed by atoms with van der Waals surface area (Å²) in [5, 5.41) is 0. The molecule has 4 rings (SSSR count). The van der Waals surface area contributed by atoms with E-state index in [0.29, 0.717) is 34.5 Å². The second-order valence-corrected chi connectivity index (χ2v) is 8.08. The summed E-state index contributed by atoms with van der Waals surface area (Å²) in [6.45, 7) is 1.36. The van der Waals surface area contributed by atoms with Gasteiger partial charge in [0.2, 0.25) is 12.4 Å². The molecule has 1 aliphatic rings. The highest BCUT2D eigenvalue weighted by Gasteiger charge is 2.51. The monoisotopic (exact) mass is 510 g/mol. The van der Waals surface area contributed by atoms with Crippen LogP contribution in [0.25, 0.3) is 0 Å². The van der Waals surface area contributed by atoms with Crippen molar-refractivity contribution in [1.82, 2.24) is 0 Å². The minimum Gasteiger partial charge on any atom is -0.493 e. The molecule has 9 nitrogen and oxygen atoms in total. The molecule has 0 N–H and O–H groups in total. The van der Waals surface area contributed by atoms with Gasteiger partial charge in [-0.15, -0.1) is 0 Å². The first kappa shape index (κ1) is 26.0. The second kappa shape index (κ2) is 12.2. The standard InChI is InChI=1S/C28H30O9/c1-18(29)34-28-27(36-24-16-10-7-13-21(24)32-4)26(35-23-15-9-6-12-20(23)31-3)25(37-28)17-33-22-14-8-5-11-19(22)30-2/h5-16,25-28H,17H2,1-4H3. The number of esters is 1. The predicted octanol–water partition coefficient (Wildman–Crippen LogP) is 4.27. The number of hydrogen-bond donors (Lipinski definition) is 0. The van der Waals surface area contributed by atoms with Crippen LogP contribution in [-0.4, -0.2) is 58.5 Å². The third kappa shape index (κ3) is 6.18. The molecule has 3 aromatic carbocycles. The van der Waals surface area contributed by atoms with Crippen LogP contribution in [0.1, 0.15) is 6.92 Å². The van der Waals surface area contributed by atoms with Gasteiger partial charge in [-0.25, -0.2) is 0 Å². The van der Waals surface area contributed by atoms with Crippen LogP contribution in [0.2, 0.25) is 0 Å². The molecule has 37 heavy (non-hydrogen) atoms. The molecule has 9 heteroatoms. The third-order valence-electron chi connectivity index (χ3n) is 5.69. The summed E-state index contributed by atoms with van der Waals surface area (Å²) in [4.78, 5) is 12.0. The largest absolute Gasteiger partial charge is 0.493 e. The van der Waals surface area contributed by atoms with Crippen molar-refractivity contribution in [3.8, 4) is 34.5 Å². The zero-order valence-electron chi connectivity index (χ0n) is 21.1. The lowest BCUT2D eigenvalue weighted by molar-refractivity contribution is -0.184. The van der Waals surface area contributed by atoms with Gasteiger partial charge in [0.1, 0.15) is 12.7 Å². The van der Waals surface area contributed by atoms with Crippen LogP contribution in [0.15, 0.2) is 72.8 Å². The minimum absolute atomic E-state index is 0.0593. The Morgan fingerprint density at radius 3 is 1.59 bits per heavy atom. The molecule has 0 amide bonds. The maximum Gasteiger partial charge on any atom is 0.305 e. The number of para-hydroxylation sites is 6. The molecular weight excluding hydrogens is 480 g/mol. The Bertz CT molecular complexity index is 1180. The molecule has 1 fully saturated rings. The van der Waals surface area contributed by atoms with Gasteiger partial charge in [0.05, 0.1) is 21.3 Å². The van der Waals surface area contributed by atoms with Gasteiger partial charge in [-0.3, -0.25) is 4.79 Å². The summed E-state index contributed by atoms with van der Waals surface area (Å²) in [6, 6.07) is 21.6. The van der Waals surface area contributed by atoms with Gasteiger partial charge in [0.15, 0.2) is 40.6 Å². The molecule has 0 aliphatic carbocycles. The summed E-state index contributed by atoms with van der Waals surface area (Å²) >= 11 is 0. The number of benzene rings is 3. The van der Waals surface area contributed by atoms with Crippen LogP contribution < -0.4 is 28.4 Å². The Kier molecular flexibility index (Phi) is 8.58. The molecule has 196 valence electrons. The summed E-state index contributed by atoms with van der Waals surface area (Å²) in [5.41, 5.74) is 0. The highest BCUT2D eigenvalue weighted by Crippen LogP contribution is 2.37. The second-order valence-electron chi connectivity index (χ2n) is 8.08. The summed E-state index contributed by atoms with van der Waals surface area (Å²) < 4.78 is 46.7. The van der Waals surface area contributed by atoms with Gasteiger partial charge >= 0.3 is 5.97 Å². The van der Waals surface area contributed by atoms with Gasteiger partial charge in [0.25, 0.3) is 0 Å². The molecule has 0 bridgehead atoms. The first-order valence-electron chi connectivity index (χ1n) is 11.7. The Labute approximate surface area is 215 Å². The first-order chi connectivity index (χ1) is 18.0. The summed E-state index contributed by atoms with van der Waals surface area (Å²) in [6.07, 6.45) is -3.40. The Morgan fingerprint density at radius 1 is 0.676 bits per heavy atom. The average Bonchev–Trinajstić information content (AvgIpc) is 3.22. The molecule has 3 aromatic rings. The van der Waals surface area contributed by atoms with Crippen molar-refractivity contribution in [3.63, 3.8) is 0 Å². The fourth-order valence-electron chi connectivity index (χ4n) is 3.99. The third-order valence-corrected chi connectivity index (χ3v) is 5.69. The maximum atomic E-state index is 12.0. The lowest BCUT2D eigenvalue weighted by atomic mass is 10.1. The molecule has 0 radical (unpaired) electrons. The smallest absolute Gasteiger partial charge is 0.305 e. The Hall–Kier alpha value is -4.11. The highest BCUT2D eigenvalue weighted by atomic mass is 16.7. The van der Waals surface area contributed by atoms with Crippen molar-refractivity contribution in [1.29, 1.82) is 0 Å². The van der Waals surface area contributed by atoms with E-state index >= 15 is 0 Å². The molecule has 4 atom stereocenters. The van der Waals surface area contributed by atoms with Crippen molar-refractivity contribution >= 4 is 5.97 Å². The Morgan fingerprint density at radius 2 is 1.11 bits per heavy atom. The summed E-state index contributed by atoms with van der Waals surface area (Å²) in [5.74, 6) is 2.52. The normalized spacial score (nSPS) is 20.5. The number of rotatable bonds is 11. The highest BCUT2D eigenvalue weighted by molar-refractivity contribution is 5.66. The lowest BCUT2D eigenvalue weighted by Gasteiger charge is -2.26. The number of methoxy groups -OCH3 is 3. The quantitative estimate of drug-likeness (QED) is 0.351. The van der Waals surface area contributed by atoms with E-state index in [0.717, 1.165) is 0 Å². The molecule has 1 aliphatic heterocycles. The van der Waals surface area contributed by atoms with Gasteiger partial charge in [0, 0.05) is 6.92 Å². The van der Waals surface area contributed by atoms with Gasteiger partial charge < -0.3 is 37.9 Å². The van der Waals surface area contributed by atoms with E-state index in [-0.39, 0.29) is 6.61 Å². The van der Waals surface area contributed by atoms with Crippen molar-refractivity contribution in [2.24, 2.45) is 0 Å². The number of carbonyl (C=O) groups excluding carboxylic acids is 1. The van der Waals surface area contributed by atoms with Crippen LogP contribution in [0, 0.1) is 0 Å². The molecule has 0 aromatic heterocycles. The van der Waals surface area contributed by atoms with E-state index in [2.05, 4.69) is 0 Å². The molecule has 0 saturated carbocycles. The lowest BCUT2D eigenvalue weighted by Crippen LogP contribution is -2.44. The molecular formula is C28H30O9. The fourth-order valence-corrected chi connectivity index (χ4v) is 3.99. The number of ether oxygens (including phenoxy) is 8. The number of hydrogen-bond acceptors (Lipinski definition) is 9. The van der Waals surface area contributed by atoms with Gasteiger partial charge in [-0.2, -0.15) is 0 Å². The topological polar surface area (TPSA) is 90.9 Å². The van der Waals surface area contributed by atoms with E-state index in [1.54, 1.807) is 57.7 Å². The van der Waals surface area contributed by atoms with Crippen molar-refractivity contribution in [2.75, 3.05) is 27.9 Å². The van der Waals surface area contributed by atoms with Crippen LogP contribution in [-0.2, 0) is 14.3 Å². The molecule has 4 unspecified atom stereocenters. The van der Waals surface area contributed by atoms with E-state index in [1.165, 1.54) is 6.92 Å². The van der Waals surface area contributed by atoms with E-state index in [1.807, 2.05) is 36.4 Å². The fraction of sp³-hybridized carbons (Fsp3) is 0.321. The van der Waals surface area contributed by atoms with E-state index in [4.69, 9.17) is 37.9 Å².